The second-order valence-corrected chi connectivity index (χ2v) is 8.84. The monoisotopic (exact) mass is 522 g/mol. The average molecular weight is 523 g/mol. The molecule has 33 heavy (non-hydrogen) atoms. The van der Waals surface area contributed by atoms with Gasteiger partial charge in [0.1, 0.15) is 11.5 Å². The van der Waals surface area contributed by atoms with Crippen molar-refractivity contribution in [3.8, 4) is 0 Å². The van der Waals surface area contributed by atoms with Crippen LogP contribution in [0.15, 0.2) is 40.9 Å². The summed E-state index contributed by atoms with van der Waals surface area (Å²) in [7, 11) is 0. The zero-order valence-corrected chi connectivity index (χ0v) is 19.6. The Morgan fingerprint density at radius 1 is 1.15 bits per heavy atom. The van der Waals surface area contributed by atoms with Crippen LogP contribution < -0.4 is 5.32 Å². The maximum Gasteiger partial charge on any atom is 0.433 e. The quantitative estimate of drug-likeness (QED) is 0.491. The molecule has 1 N–H and O–H groups in total. The molecule has 0 bridgehead atoms. The molecule has 1 aliphatic heterocycles. The van der Waals surface area contributed by atoms with Gasteiger partial charge in [-0.1, -0.05) is 28.1 Å². The molecule has 0 aliphatic carbocycles. The molecule has 11 heteroatoms. The van der Waals surface area contributed by atoms with Crippen molar-refractivity contribution in [3.05, 3.63) is 69.5 Å². The van der Waals surface area contributed by atoms with Crippen LogP contribution in [0.1, 0.15) is 47.5 Å². The molecule has 7 nitrogen and oxygen atoms in total. The zero-order valence-electron chi connectivity index (χ0n) is 18.0. The summed E-state index contributed by atoms with van der Waals surface area (Å²) < 4.78 is 41.6. The molecule has 1 fully saturated rings. The third-order valence-electron chi connectivity index (χ3n) is 5.65. The Morgan fingerprint density at radius 3 is 2.55 bits per heavy atom. The van der Waals surface area contributed by atoms with E-state index in [1.165, 1.54) is 13.0 Å². The Bertz CT molecular complexity index is 1160. The van der Waals surface area contributed by atoms with Crippen molar-refractivity contribution in [2.24, 2.45) is 0 Å². The second-order valence-electron chi connectivity index (χ2n) is 7.93. The summed E-state index contributed by atoms with van der Waals surface area (Å²) in [5, 5.41) is 11.3. The van der Waals surface area contributed by atoms with Gasteiger partial charge in [0.15, 0.2) is 5.82 Å². The molecule has 4 rings (SSSR count). The van der Waals surface area contributed by atoms with E-state index >= 15 is 0 Å². The first-order chi connectivity index (χ1) is 15.6. The summed E-state index contributed by atoms with van der Waals surface area (Å²) >= 11 is 3.43. The van der Waals surface area contributed by atoms with Crippen molar-refractivity contribution >= 4 is 27.6 Å². The van der Waals surface area contributed by atoms with Crippen LogP contribution in [-0.4, -0.2) is 37.2 Å². The molecule has 1 aromatic carbocycles. The van der Waals surface area contributed by atoms with Gasteiger partial charge in [-0.15, -0.1) is 10.2 Å². The van der Waals surface area contributed by atoms with Crippen molar-refractivity contribution in [1.29, 1.82) is 0 Å². The van der Waals surface area contributed by atoms with Crippen molar-refractivity contribution in [2.45, 2.75) is 45.5 Å². The molecule has 0 radical (unpaired) electrons. The van der Waals surface area contributed by atoms with Gasteiger partial charge in [-0.3, -0.25) is 0 Å². The van der Waals surface area contributed by atoms with Crippen LogP contribution >= 0.6 is 15.9 Å². The molecule has 0 saturated carbocycles. The number of amides is 2. The number of aromatic nitrogens is 4. The fourth-order valence-electron chi connectivity index (χ4n) is 3.93. The Hall–Kier alpha value is -2.95. The van der Waals surface area contributed by atoms with E-state index in [9.17, 15) is 18.0 Å². The average Bonchev–Trinajstić information content (AvgIpc) is 3.37. The fourth-order valence-corrected chi connectivity index (χ4v) is 4.19. The molecule has 3 aromatic rings. The van der Waals surface area contributed by atoms with Crippen LogP contribution in [0.5, 0.6) is 0 Å². The number of benzene rings is 1. The molecular formula is C22H22BrF3N6O. The van der Waals surface area contributed by atoms with Gasteiger partial charge >= 0.3 is 12.2 Å². The second kappa shape index (κ2) is 9.12. The molecular weight excluding hydrogens is 501 g/mol. The minimum Gasteiger partial charge on any atom is -0.314 e. The minimum atomic E-state index is -4.54. The highest BCUT2D eigenvalue weighted by Gasteiger charge is 2.35. The summed E-state index contributed by atoms with van der Waals surface area (Å²) in [6, 6.07) is 9.34. The molecule has 1 saturated heterocycles. The largest absolute Gasteiger partial charge is 0.433 e. The summed E-state index contributed by atoms with van der Waals surface area (Å²) in [6.07, 6.45) is -3.03. The molecule has 3 heterocycles. The Kier molecular flexibility index (Phi) is 6.42. The first kappa shape index (κ1) is 23.2. The number of carbonyl (C=O) groups is 1. The summed E-state index contributed by atoms with van der Waals surface area (Å²) in [5.74, 6) is 1.42. The van der Waals surface area contributed by atoms with Gasteiger partial charge in [-0.25, -0.2) is 9.78 Å². The van der Waals surface area contributed by atoms with E-state index in [0.29, 0.717) is 18.9 Å². The van der Waals surface area contributed by atoms with Crippen LogP contribution in [0.2, 0.25) is 0 Å². The SMILES string of the molecule is Cc1nc(C(F)(F)F)ccc1NC(=O)N1CCC[C@@H]1c1nnc(C)n1Cc1ccc(Br)cc1. The van der Waals surface area contributed by atoms with Crippen LogP contribution in [-0.2, 0) is 12.7 Å². The minimum absolute atomic E-state index is 0.100. The zero-order chi connectivity index (χ0) is 23.8. The third kappa shape index (κ3) is 5.02. The molecule has 0 spiro atoms. The van der Waals surface area contributed by atoms with E-state index in [0.717, 1.165) is 34.8 Å². The number of likely N-dealkylation sites (tertiary alicyclic amines) is 1. The Morgan fingerprint density at radius 2 is 1.88 bits per heavy atom. The number of nitrogens with zero attached hydrogens (tertiary/aromatic N) is 5. The van der Waals surface area contributed by atoms with Crippen LogP contribution in [0.3, 0.4) is 0 Å². The number of alkyl halides is 3. The third-order valence-corrected chi connectivity index (χ3v) is 6.18. The lowest BCUT2D eigenvalue weighted by Crippen LogP contribution is -2.36. The number of halogens is 4. The number of aryl methyl sites for hydroxylation is 2. The first-order valence-electron chi connectivity index (χ1n) is 10.4. The number of urea groups is 1. The predicted octanol–water partition coefficient (Wildman–Crippen LogP) is 5.49. The summed E-state index contributed by atoms with van der Waals surface area (Å²) in [5.41, 5.74) is 0.422. The fraction of sp³-hybridized carbons (Fsp3) is 0.364. The maximum atomic E-state index is 13.0. The molecule has 174 valence electrons. The lowest BCUT2D eigenvalue weighted by Gasteiger charge is -2.25. The van der Waals surface area contributed by atoms with Gasteiger partial charge in [0.25, 0.3) is 0 Å². The highest BCUT2D eigenvalue weighted by molar-refractivity contribution is 9.10. The van der Waals surface area contributed by atoms with Crippen molar-refractivity contribution in [2.75, 3.05) is 11.9 Å². The molecule has 0 unspecified atom stereocenters. The van der Waals surface area contributed by atoms with Gasteiger partial charge in [-0.05, 0) is 56.5 Å². The van der Waals surface area contributed by atoms with Crippen LogP contribution in [0, 0.1) is 13.8 Å². The van der Waals surface area contributed by atoms with E-state index in [1.54, 1.807) is 4.90 Å². The number of hydrogen-bond acceptors (Lipinski definition) is 4. The lowest BCUT2D eigenvalue weighted by atomic mass is 10.2. The number of pyridine rings is 1. The smallest absolute Gasteiger partial charge is 0.314 e. The Labute approximate surface area is 197 Å². The molecule has 1 aliphatic rings. The van der Waals surface area contributed by atoms with E-state index in [4.69, 9.17) is 0 Å². The lowest BCUT2D eigenvalue weighted by molar-refractivity contribution is -0.141. The van der Waals surface area contributed by atoms with Crippen molar-refractivity contribution in [1.82, 2.24) is 24.6 Å². The van der Waals surface area contributed by atoms with Gasteiger partial charge < -0.3 is 14.8 Å². The standard InChI is InChI=1S/C22H22BrF3N6O/c1-13-17(9-10-19(27-13)22(24,25)26)28-21(33)31-11-3-4-18(31)20-30-29-14(2)32(20)12-15-5-7-16(23)8-6-15/h5-10,18H,3-4,11-12H2,1-2H3,(H,28,33)/t18-/m1/s1. The van der Waals surface area contributed by atoms with Gasteiger partial charge in [0, 0.05) is 11.0 Å². The van der Waals surface area contributed by atoms with Crippen molar-refractivity contribution < 1.29 is 18.0 Å². The van der Waals surface area contributed by atoms with E-state index in [1.807, 2.05) is 35.8 Å². The van der Waals surface area contributed by atoms with Gasteiger partial charge in [0.05, 0.1) is 24.0 Å². The van der Waals surface area contributed by atoms with E-state index < -0.39 is 17.9 Å². The van der Waals surface area contributed by atoms with Gasteiger partial charge in [-0.2, -0.15) is 13.2 Å². The first-order valence-corrected chi connectivity index (χ1v) is 11.2. The molecule has 2 amide bonds. The number of rotatable bonds is 4. The Balaban J connectivity index is 1.54. The van der Waals surface area contributed by atoms with Gasteiger partial charge in [0.2, 0.25) is 0 Å². The highest BCUT2D eigenvalue weighted by atomic mass is 79.9. The topological polar surface area (TPSA) is 75.9 Å². The number of nitrogens with one attached hydrogen (secondary N) is 1. The molecule has 2 aromatic heterocycles. The van der Waals surface area contributed by atoms with Crippen LogP contribution in [0.4, 0.5) is 23.7 Å². The van der Waals surface area contributed by atoms with E-state index in [2.05, 4.69) is 36.4 Å². The number of hydrogen-bond donors (Lipinski definition) is 1. The maximum absolute atomic E-state index is 13.0. The highest BCUT2D eigenvalue weighted by Crippen LogP contribution is 2.33. The predicted molar refractivity (Wildman–Crippen MR) is 120 cm³/mol. The normalized spacial score (nSPS) is 16.3. The summed E-state index contributed by atoms with van der Waals surface area (Å²) in [4.78, 5) is 18.3. The van der Waals surface area contributed by atoms with E-state index in [-0.39, 0.29) is 17.4 Å². The summed E-state index contributed by atoms with van der Waals surface area (Å²) in [6.45, 7) is 4.37. The van der Waals surface area contributed by atoms with Crippen LogP contribution in [0.25, 0.3) is 0 Å². The number of carbonyl (C=O) groups excluding carboxylic acids is 1. The number of anilines is 1. The van der Waals surface area contributed by atoms with Crippen molar-refractivity contribution in [3.63, 3.8) is 0 Å². The molecule has 1 atom stereocenters.